The molecule has 1 rings (SSSR count). The molecule has 0 bridgehead atoms. The van der Waals surface area contributed by atoms with Crippen LogP contribution in [0.1, 0.15) is 25.3 Å². The zero-order valence-electron chi connectivity index (χ0n) is 10.6. The third-order valence-corrected chi connectivity index (χ3v) is 2.52. The van der Waals surface area contributed by atoms with Gasteiger partial charge in [0, 0.05) is 11.6 Å². The number of hydrogen-bond donors (Lipinski definition) is 2. The van der Waals surface area contributed by atoms with Gasteiger partial charge in [-0.2, -0.15) is 5.10 Å². The molecule has 0 aliphatic heterocycles. The zero-order valence-corrected chi connectivity index (χ0v) is 11.4. The summed E-state index contributed by atoms with van der Waals surface area (Å²) in [7, 11) is 0. The summed E-state index contributed by atoms with van der Waals surface area (Å²) < 4.78 is 0. The van der Waals surface area contributed by atoms with Gasteiger partial charge in [-0.05, 0) is 24.1 Å². The van der Waals surface area contributed by atoms with Crippen LogP contribution in [-0.2, 0) is 9.59 Å². The van der Waals surface area contributed by atoms with Gasteiger partial charge >= 0.3 is 11.8 Å². The fourth-order valence-electron chi connectivity index (χ4n) is 1.22. The molecule has 0 spiro atoms. The van der Waals surface area contributed by atoms with Gasteiger partial charge in [0.05, 0.1) is 6.21 Å². The molecule has 0 radical (unpaired) electrons. The second-order valence-corrected chi connectivity index (χ2v) is 4.30. The Morgan fingerprint density at radius 2 is 1.95 bits per heavy atom. The molecule has 1 aromatic carbocycles. The van der Waals surface area contributed by atoms with Crippen LogP contribution in [0.4, 0.5) is 0 Å². The van der Waals surface area contributed by atoms with Crippen molar-refractivity contribution in [2.45, 2.75) is 19.8 Å². The quantitative estimate of drug-likeness (QED) is 0.373. The Kier molecular flexibility index (Phi) is 6.60. The van der Waals surface area contributed by atoms with Crippen LogP contribution in [0.5, 0.6) is 0 Å². The fourth-order valence-corrected chi connectivity index (χ4v) is 1.35. The number of nitrogens with zero attached hydrogens (tertiary/aromatic N) is 1. The lowest BCUT2D eigenvalue weighted by Crippen LogP contribution is -2.38. The van der Waals surface area contributed by atoms with E-state index in [0.717, 1.165) is 18.4 Å². The Labute approximate surface area is 117 Å². The number of carbonyl (C=O) groups is 2. The monoisotopic (exact) mass is 281 g/mol. The maximum atomic E-state index is 11.3. The number of hydrazone groups is 1. The lowest BCUT2D eigenvalue weighted by molar-refractivity contribution is -0.139. The van der Waals surface area contributed by atoms with Crippen molar-refractivity contribution in [2.75, 3.05) is 6.54 Å². The van der Waals surface area contributed by atoms with Crippen molar-refractivity contribution in [3.05, 3.63) is 34.9 Å². The standard InChI is InChI=1S/C13H16ClN3O2/c1-2-3-8-15-12(18)13(19)17-16-9-10-4-6-11(14)7-5-10/h4-7,9H,2-3,8H2,1H3,(H,15,18)(H,17,19). The average Bonchev–Trinajstić information content (AvgIpc) is 2.41. The number of benzene rings is 1. The van der Waals surface area contributed by atoms with E-state index >= 15 is 0 Å². The molecule has 0 heterocycles. The normalized spacial score (nSPS) is 10.4. The van der Waals surface area contributed by atoms with E-state index in [4.69, 9.17) is 11.6 Å². The second-order valence-electron chi connectivity index (χ2n) is 3.86. The maximum absolute atomic E-state index is 11.3. The highest BCUT2D eigenvalue weighted by molar-refractivity contribution is 6.35. The highest BCUT2D eigenvalue weighted by atomic mass is 35.5. The molecule has 2 amide bonds. The van der Waals surface area contributed by atoms with E-state index in [2.05, 4.69) is 15.8 Å². The van der Waals surface area contributed by atoms with E-state index in [-0.39, 0.29) is 0 Å². The van der Waals surface area contributed by atoms with Crippen LogP contribution in [0.15, 0.2) is 29.4 Å². The molecule has 5 nitrogen and oxygen atoms in total. The third kappa shape index (κ3) is 6.01. The minimum atomic E-state index is -0.777. The van der Waals surface area contributed by atoms with E-state index in [1.165, 1.54) is 6.21 Å². The number of nitrogens with one attached hydrogen (secondary N) is 2. The molecule has 0 fully saturated rings. The molecule has 0 aliphatic carbocycles. The van der Waals surface area contributed by atoms with E-state index in [9.17, 15) is 9.59 Å². The first-order chi connectivity index (χ1) is 9.13. The van der Waals surface area contributed by atoms with Gasteiger partial charge in [0.2, 0.25) is 0 Å². The lowest BCUT2D eigenvalue weighted by atomic mass is 10.2. The maximum Gasteiger partial charge on any atom is 0.329 e. The van der Waals surface area contributed by atoms with E-state index < -0.39 is 11.8 Å². The largest absolute Gasteiger partial charge is 0.348 e. The van der Waals surface area contributed by atoms with Gasteiger partial charge in [-0.1, -0.05) is 37.1 Å². The molecule has 1 aromatic rings. The zero-order chi connectivity index (χ0) is 14.1. The molecule has 0 aromatic heterocycles. The summed E-state index contributed by atoms with van der Waals surface area (Å²) >= 11 is 5.73. The van der Waals surface area contributed by atoms with E-state index in [1.807, 2.05) is 6.92 Å². The topological polar surface area (TPSA) is 70.6 Å². The highest BCUT2D eigenvalue weighted by Gasteiger charge is 2.10. The smallest absolute Gasteiger partial charge is 0.329 e. The minimum absolute atomic E-state index is 0.490. The van der Waals surface area contributed by atoms with Crippen LogP contribution in [0.3, 0.4) is 0 Å². The number of hydrogen-bond acceptors (Lipinski definition) is 3. The molecular formula is C13H16ClN3O2. The molecule has 0 saturated heterocycles. The van der Waals surface area contributed by atoms with Gasteiger partial charge in [-0.3, -0.25) is 9.59 Å². The number of rotatable bonds is 5. The Bertz CT molecular complexity index is 457. The number of carbonyl (C=O) groups excluding carboxylic acids is 2. The Hall–Kier alpha value is -1.88. The summed E-state index contributed by atoms with van der Waals surface area (Å²) in [6, 6.07) is 6.92. The van der Waals surface area contributed by atoms with Gasteiger partial charge in [0.15, 0.2) is 0 Å². The third-order valence-electron chi connectivity index (χ3n) is 2.27. The summed E-state index contributed by atoms with van der Waals surface area (Å²) in [6.07, 6.45) is 3.23. The predicted octanol–water partition coefficient (Wildman–Crippen LogP) is 1.71. The van der Waals surface area contributed by atoms with Crippen LogP contribution in [-0.4, -0.2) is 24.6 Å². The molecular weight excluding hydrogens is 266 g/mol. The number of halogens is 1. The highest BCUT2D eigenvalue weighted by Crippen LogP contribution is 2.07. The van der Waals surface area contributed by atoms with Crippen LogP contribution >= 0.6 is 11.6 Å². The molecule has 0 aliphatic rings. The first-order valence-corrected chi connectivity index (χ1v) is 6.38. The van der Waals surface area contributed by atoms with Gasteiger partial charge in [0.1, 0.15) is 0 Å². The Balaban J connectivity index is 2.36. The van der Waals surface area contributed by atoms with E-state index in [0.29, 0.717) is 11.6 Å². The van der Waals surface area contributed by atoms with Gasteiger partial charge in [0.25, 0.3) is 0 Å². The first kappa shape index (κ1) is 15.2. The molecule has 2 N–H and O–H groups in total. The van der Waals surface area contributed by atoms with Gasteiger partial charge < -0.3 is 5.32 Å². The van der Waals surface area contributed by atoms with Crippen molar-refractivity contribution in [3.8, 4) is 0 Å². The minimum Gasteiger partial charge on any atom is -0.348 e. The molecule has 102 valence electrons. The van der Waals surface area contributed by atoms with Crippen LogP contribution in [0, 0.1) is 0 Å². The summed E-state index contributed by atoms with van der Waals surface area (Å²) in [5.74, 6) is -1.46. The van der Waals surface area contributed by atoms with Gasteiger partial charge in [-0.25, -0.2) is 5.43 Å². The number of amides is 2. The van der Waals surface area contributed by atoms with Crippen molar-refractivity contribution in [1.82, 2.24) is 10.7 Å². The molecule has 19 heavy (non-hydrogen) atoms. The van der Waals surface area contributed by atoms with Crippen molar-refractivity contribution in [2.24, 2.45) is 5.10 Å². The lowest BCUT2D eigenvalue weighted by Gasteiger charge is -2.02. The fraction of sp³-hybridized carbons (Fsp3) is 0.308. The molecule has 0 saturated carbocycles. The van der Waals surface area contributed by atoms with Crippen molar-refractivity contribution in [1.29, 1.82) is 0 Å². The predicted molar refractivity (Wildman–Crippen MR) is 75.1 cm³/mol. The van der Waals surface area contributed by atoms with Crippen LogP contribution in [0.2, 0.25) is 5.02 Å². The summed E-state index contributed by atoms with van der Waals surface area (Å²) in [5.41, 5.74) is 2.93. The molecule has 0 unspecified atom stereocenters. The second kappa shape index (κ2) is 8.26. The van der Waals surface area contributed by atoms with E-state index in [1.54, 1.807) is 24.3 Å². The van der Waals surface area contributed by atoms with Crippen molar-refractivity contribution >= 4 is 29.6 Å². The summed E-state index contributed by atoms with van der Waals surface area (Å²) in [5, 5.41) is 6.81. The summed E-state index contributed by atoms with van der Waals surface area (Å²) in [6.45, 7) is 2.49. The Morgan fingerprint density at radius 3 is 2.58 bits per heavy atom. The molecule has 0 atom stereocenters. The van der Waals surface area contributed by atoms with Crippen LogP contribution in [0.25, 0.3) is 0 Å². The SMILES string of the molecule is CCCCNC(=O)C(=O)NN=Cc1ccc(Cl)cc1. The average molecular weight is 282 g/mol. The molecule has 6 heteroatoms. The summed E-state index contributed by atoms with van der Waals surface area (Å²) in [4.78, 5) is 22.6. The number of unbranched alkanes of at least 4 members (excludes halogenated alkanes) is 1. The van der Waals surface area contributed by atoms with Gasteiger partial charge in [-0.15, -0.1) is 0 Å². The van der Waals surface area contributed by atoms with Crippen LogP contribution < -0.4 is 10.7 Å². The van der Waals surface area contributed by atoms with Crippen molar-refractivity contribution in [3.63, 3.8) is 0 Å². The first-order valence-electron chi connectivity index (χ1n) is 6.00. The Morgan fingerprint density at radius 1 is 1.26 bits per heavy atom. The van der Waals surface area contributed by atoms with Crippen molar-refractivity contribution < 1.29 is 9.59 Å².